The van der Waals surface area contributed by atoms with Crippen LogP contribution in [0.25, 0.3) is 0 Å². The van der Waals surface area contributed by atoms with Gasteiger partial charge in [0.05, 0.1) is 0 Å². The zero-order valence-electron chi connectivity index (χ0n) is 9.18. The number of carbonyl (C=O) groups is 3. The first-order valence-corrected chi connectivity index (χ1v) is 5.34. The number of nitrogens with zero attached hydrogens (tertiary/aromatic N) is 1. The summed E-state index contributed by atoms with van der Waals surface area (Å²) in [5.41, 5.74) is 1.63. The molecule has 5 nitrogen and oxygen atoms in total. The van der Waals surface area contributed by atoms with Gasteiger partial charge in [-0.15, -0.1) is 0 Å². The molecule has 1 saturated heterocycles. The first-order valence-electron chi connectivity index (χ1n) is 5.34. The number of carbonyl (C=O) groups excluding carboxylic acids is 3. The van der Waals surface area contributed by atoms with Crippen molar-refractivity contribution in [3.05, 3.63) is 29.8 Å². The van der Waals surface area contributed by atoms with Gasteiger partial charge < -0.3 is 4.79 Å². The normalized spacial score (nSPS) is 15.6. The fraction of sp³-hybridized carbons (Fsp3) is 0.250. The number of nitrogens with one attached hydrogen (secondary N) is 1. The maximum absolute atomic E-state index is 11.6. The summed E-state index contributed by atoms with van der Waals surface area (Å²) in [7, 11) is 0. The number of rotatable bonds is 3. The zero-order chi connectivity index (χ0) is 12.3. The molecule has 3 amide bonds. The molecule has 0 atom stereocenters. The summed E-state index contributed by atoms with van der Waals surface area (Å²) in [6.45, 7) is 0.387. The maximum Gasteiger partial charge on any atom is 0.328 e. The van der Waals surface area contributed by atoms with E-state index in [1.807, 2.05) is 0 Å². The van der Waals surface area contributed by atoms with Gasteiger partial charge in [0.15, 0.2) is 0 Å². The van der Waals surface area contributed by atoms with Crippen LogP contribution in [-0.2, 0) is 16.0 Å². The Morgan fingerprint density at radius 1 is 1.24 bits per heavy atom. The van der Waals surface area contributed by atoms with E-state index < -0.39 is 6.03 Å². The third-order valence-electron chi connectivity index (χ3n) is 2.62. The van der Waals surface area contributed by atoms with E-state index in [0.29, 0.717) is 19.4 Å². The van der Waals surface area contributed by atoms with Crippen LogP contribution in [0.1, 0.15) is 12.0 Å². The fourth-order valence-electron chi connectivity index (χ4n) is 1.72. The highest BCUT2D eigenvalue weighted by Crippen LogP contribution is 2.17. The van der Waals surface area contributed by atoms with Gasteiger partial charge in [0, 0.05) is 25.1 Å². The van der Waals surface area contributed by atoms with Gasteiger partial charge in [0.2, 0.25) is 5.91 Å². The molecule has 0 unspecified atom stereocenters. The zero-order valence-corrected chi connectivity index (χ0v) is 9.18. The Hall–Kier alpha value is -2.17. The number of anilines is 1. The van der Waals surface area contributed by atoms with E-state index >= 15 is 0 Å². The Balaban J connectivity index is 2.14. The summed E-state index contributed by atoms with van der Waals surface area (Å²) >= 11 is 0. The molecule has 2 rings (SSSR count). The molecule has 1 aliphatic rings. The van der Waals surface area contributed by atoms with Crippen molar-refractivity contribution in [3.8, 4) is 0 Å². The maximum atomic E-state index is 11.6. The highest BCUT2D eigenvalue weighted by Gasteiger charge is 2.23. The molecule has 1 fully saturated rings. The van der Waals surface area contributed by atoms with Gasteiger partial charge in [-0.05, 0) is 17.7 Å². The molecule has 17 heavy (non-hydrogen) atoms. The number of imide groups is 1. The Morgan fingerprint density at radius 3 is 2.53 bits per heavy atom. The van der Waals surface area contributed by atoms with Crippen LogP contribution < -0.4 is 10.2 Å². The number of hydrogen-bond donors (Lipinski definition) is 1. The highest BCUT2D eigenvalue weighted by atomic mass is 16.2. The van der Waals surface area contributed by atoms with Crippen LogP contribution in [0.2, 0.25) is 0 Å². The van der Waals surface area contributed by atoms with Crippen LogP contribution in [0.5, 0.6) is 0 Å². The minimum Gasteiger partial charge on any atom is -0.303 e. The SMILES string of the molecule is O=CCc1ccc(N2CCC(=O)NC2=O)cc1. The molecule has 5 heteroatoms. The lowest BCUT2D eigenvalue weighted by Gasteiger charge is -2.26. The van der Waals surface area contributed by atoms with Crippen molar-refractivity contribution < 1.29 is 14.4 Å². The number of urea groups is 1. The molecule has 1 aromatic rings. The largest absolute Gasteiger partial charge is 0.328 e. The minimum atomic E-state index is -0.399. The number of benzene rings is 1. The second kappa shape index (κ2) is 4.78. The summed E-state index contributed by atoms with van der Waals surface area (Å²) in [6.07, 6.45) is 1.51. The van der Waals surface area contributed by atoms with Crippen molar-refractivity contribution in [1.82, 2.24) is 5.32 Å². The molecule has 0 radical (unpaired) electrons. The van der Waals surface area contributed by atoms with Crippen molar-refractivity contribution in [3.63, 3.8) is 0 Å². The molecule has 0 aliphatic carbocycles. The van der Waals surface area contributed by atoms with E-state index in [-0.39, 0.29) is 5.91 Å². The lowest BCUT2D eigenvalue weighted by atomic mass is 10.1. The predicted molar refractivity (Wildman–Crippen MR) is 61.7 cm³/mol. The topological polar surface area (TPSA) is 66.5 Å². The second-order valence-corrected chi connectivity index (χ2v) is 3.79. The quantitative estimate of drug-likeness (QED) is 0.786. The van der Waals surface area contributed by atoms with Gasteiger partial charge in [-0.3, -0.25) is 15.0 Å². The van der Waals surface area contributed by atoms with Crippen molar-refractivity contribution in [2.45, 2.75) is 12.8 Å². The molecule has 1 N–H and O–H groups in total. The molecule has 1 aromatic carbocycles. The molecule has 1 aliphatic heterocycles. The molecule has 0 bridgehead atoms. The Morgan fingerprint density at radius 2 is 1.94 bits per heavy atom. The third kappa shape index (κ3) is 2.50. The monoisotopic (exact) mass is 232 g/mol. The molecular weight excluding hydrogens is 220 g/mol. The highest BCUT2D eigenvalue weighted by molar-refractivity contribution is 6.05. The third-order valence-corrected chi connectivity index (χ3v) is 2.62. The average Bonchev–Trinajstić information content (AvgIpc) is 2.31. The molecule has 1 heterocycles. The summed E-state index contributed by atoms with van der Waals surface area (Å²) in [5.74, 6) is -0.246. The van der Waals surface area contributed by atoms with E-state index in [1.54, 1.807) is 24.3 Å². The van der Waals surface area contributed by atoms with Crippen LogP contribution in [0.3, 0.4) is 0 Å². The van der Waals surface area contributed by atoms with E-state index in [9.17, 15) is 14.4 Å². The smallest absolute Gasteiger partial charge is 0.303 e. The van der Waals surface area contributed by atoms with Crippen LogP contribution in [0, 0.1) is 0 Å². The lowest BCUT2D eigenvalue weighted by molar-refractivity contribution is -0.120. The van der Waals surface area contributed by atoms with Gasteiger partial charge in [-0.25, -0.2) is 4.79 Å². The molecular formula is C12H12N2O3. The Bertz CT molecular complexity index is 453. The van der Waals surface area contributed by atoms with Crippen LogP contribution in [0.15, 0.2) is 24.3 Å². The van der Waals surface area contributed by atoms with Gasteiger partial charge >= 0.3 is 6.03 Å². The fourth-order valence-corrected chi connectivity index (χ4v) is 1.72. The van der Waals surface area contributed by atoms with Gasteiger partial charge in [0.1, 0.15) is 6.29 Å². The second-order valence-electron chi connectivity index (χ2n) is 3.79. The van der Waals surface area contributed by atoms with Crippen molar-refractivity contribution in [2.24, 2.45) is 0 Å². The first-order chi connectivity index (χ1) is 8.20. The van der Waals surface area contributed by atoms with Crippen LogP contribution in [0.4, 0.5) is 10.5 Å². The number of aldehydes is 1. The summed E-state index contributed by atoms with van der Waals surface area (Å²) in [4.78, 5) is 34.4. The van der Waals surface area contributed by atoms with Crippen molar-refractivity contribution >= 4 is 23.9 Å². The Labute approximate surface area is 98.4 Å². The summed E-state index contributed by atoms with van der Waals surface area (Å²) in [5, 5.41) is 2.26. The van der Waals surface area contributed by atoms with Crippen molar-refractivity contribution in [1.29, 1.82) is 0 Å². The summed E-state index contributed by atoms with van der Waals surface area (Å²) in [6, 6.07) is 6.74. The van der Waals surface area contributed by atoms with Crippen LogP contribution in [-0.4, -0.2) is 24.8 Å². The lowest BCUT2D eigenvalue weighted by Crippen LogP contribution is -2.49. The summed E-state index contributed by atoms with van der Waals surface area (Å²) < 4.78 is 0. The molecule has 0 saturated carbocycles. The average molecular weight is 232 g/mol. The van der Waals surface area contributed by atoms with Gasteiger partial charge in [-0.2, -0.15) is 0 Å². The molecule has 0 aromatic heterocycles. The number of amides is 3. The Kier molecular flexibility index (Phi) is 3.18. The predicted octanol–water partition coefficient (Wildman–Crippen LogP) is 0.874. The number of hydrogen-bond acceptors (Lipinski definition) is 3. The van der Waals surface area contributed by atoms with E-state index in [1.165, 1.54) is 4.90 Å². The molecule has 88 valence electrons. The van der Waals surface area contributed by atoms with E-state index in [0.717, 1.165) is 17.5 Å². The van der Waals surface area contributed by atoms with E-state index in [2.05, 4.69) is 5.32 Å². The van der Waals surface area contributed by atoms with Crippen molar-refractivity contribution in [2.75, 3.05) is 11.4 Å². The standard InChI is InChI=1S/C12H12N2O3/c15-8-6-9-1-3-10(4-2-9)14-7-5-11(16)13-12(14)17/h1-4,8H,5-7H2,(H,13,16,17). The van der Waals surface area contributed by atoms with E-state index in [4.69, 9.17) is 0 Å². The van der Waals surface area contributed by atoms with Crippen LogP contribution >= 0.6 is 0 Å². The first kappa shape index (κ1) is 11.3. The minimum absolute atomic E-state index is 0.246. The van der Waals surface area contributed by atoms with Gasteiger partial charge in [0.25, 0.3) is 0 Å². The molecule has 0 spiro atoms. The van der Waals surface area contributed by atoms with Gasteiger partial charge in [-0.1, -0.05) is 12.1 Å².